The smallest absolute Gasteiger partial charge is 0.227 e. The Morgan fingerprint density at radius 3 is 3.04 bits per heavy atom. The lowest BCUT2D eigenvalue weighted by molar-refractivity contribution is -0.130. The molecule has 6 nitrogen and oxygen atoms in total. The Morgan fingerprint density at radius 2 is 2.25 bits per heavy atom. The Balaban J connectivity index is 1.58. The number of likely N-dealkylation sites (tertiary alicyclic amines) is 1. The second kappa shape index (κ2) is 8.55. The third-order valence-electron chi connectivity index (χ3n) is 5.00. The Bertz CT molecular complexity index is 526. The minimum atomic E-state index is 0.185. The van der Waals surface area contributed by atoms with Crippen LogP contribution in [0.25, 0.3) is 0 Å². The van der Waals surface area contributed by atoms with Gasteiger partial charge in [0, 0.05) is 51.7 Å². The number of rotatable bonds is 5. The maximum Gasteiger partial charge on any atom is 0.227 e. The van der Waals surface area contributed by atoms with Gasteiger partial charge in [0.2, 0.25) is 5.91 Å². The SMILES string of the molecule is COCCN1CCO[C@@H]2CCN(C(=O)Cc3cccnc3)CC[C@H]21. The van der Waals surface area contributed by atoms with Crippen LogP contribution in [0.2, 0.25) is 0 Å². The molecule has 132 valence electrons. The molecule has 0 radical (unpaired) electrons. The Kier molecular flexibility index (Phi) is 6.18. The quantitative estimate of drug-likeness (QED) is 0.803. The Hall–Kier alpha value is -1.50. The number of morpholine rings is 1. The number of amides is 1. The highest BCUT2D eigenvalue weighted by Crippen LogP contribution is 2.24. The molecule has 0 saturated carbocycles. The summed E-state index contributed by atoms with van der Waals surface area (Å²) in [7, 11) is 1.74. The number of carbonyl (C=O) groups is 1. The van der Waals surface area contributed by atoms with Crippen LogP contribution in [0, 0.1) is 0 Å². The first-order valence-corrected chi connectivity index (χ1v) is 8.79. The summed E-state index contributed by atoms with van der Waals surface area (Å²) in [5, 5.41) is 0. The predicted molar refractivity (Wildman–Crippen MR) is 90.7 cm³/mol. The fraction of sp³-hybridized carbons (Fsp3) is 0.667. The molecule has 3 heterocycles. The summed E-state index contributed by atoms with van der Waals surface area (Å²) in [6.07, 6.45) is 6.03. The van der Waals surface area contributed by atoms with Crippen molar-refractivity contribution >= 4 is 5.91 Å². The second-order valence-electron chi connectivity index (χ2n) is 6.50. The highest BCUT2D eigenvalue weighted by molar-refractivity contribution is 5.78. The van der Waals surface area contributed by atoms with E-state index >= 15 is 0 Å². The number of aromatic nitrogens is 1. The van der Waals surface area contributed by atoms with E-state index in [2.05, 4.69) is 9.88 Å². The number of carbonyl (C=O) groups excluding carboxylic acids is 1. The third kappa shape index (κ3) is 4.32. The van der Waals surface area contributed by atoms with Crippen LogP contribution < -0.4 is 0 Å². The number of hydrogen-bond acceptors (Lipinski definition) is 5. The molecule has 24 heavy (non-hydrogen) atoms. The van der Waals surface area contributed by atoms with Crippen molar-refractivity contribution in [3.63, 3.8) is 0 Å². The van der Waals surface area contributed by atoms with Crippen molar-refractivity contribution in [1.82, 2.24) is 14.8 Å². The summed E-state index contributed by atoms with van der Waals surface area (Å²) in [5.74, 6) is 0.185. The minimum absolute atomic E-state index is 0.185. The summed E-state index contributed by atoms with van der Waals surface area (Å²) in [6.45, 7) is 4.98. The van der Waals surface area contributed by atoms with E-state index in [4.69, 9.17) is 9.47 Å². The zero-order valence-electron chi connectivity index (χ0n) is 14.4. The number of nitrogens with zero attached hydrogens (tertiary/aromatic N) is 3. The van der Waals surface area contributed by atoms with E-state index in [1.165, 1.54) is 0 Å². The van der Waals surface area contributed by atoms with Crippen molar-refractivity contribution in [1.29, 1.82) is 0 Å². The molecule has 3 rings (SSSR count). The summed E-state index contributed by atoms with van der Waals surface area (Å²) < 4.78 is 11.2. The Labute approximate surface area is 143 Å². The van der Waals surface area contributed by atoms with Gasteiger partial charge in [-0.15, -0.1) is 0 Å². The number of hydrogen-bond donors (Lipinski definition) is 0. The second-order valence-corrected chi connectivity index (χ2v) is 6.50. The maximum atomic E-state index is 12.6. The van der Waals surface area contributed by atoms with Gasteiger partial charge < -0.3 is 14.4 Å². The normalized spacial score (nSPS) is 25.1. The zero-order chi connectivity index (χ0) is 16.8. The maximum absolute atomic E-state index is 12.6. The number of methoxy groups -OCH3 is 1. The molecule has 1 aromatic heterocycles. The molecule has 2 aliphatic heterocycles. The van der Waals surface area contributed by atoms with E-state index in [-0.39, 0.29) is 12.0 Å². The molecular weight excluding hydrogens is 306 g/mol. The van der Waals surface area contributed by atoms with Gasteiger partial charge in [0.1, 0.15) is 0 Å². The number of fused-ring (bicyclic) bond motifs is 1. The summed E-state index contributed by atoms with van der Waals surface area (Å²) >= 11 is 0. The van der Waals surface area contributed by atoms with Gasteiger partial charge in [-0.3, -0.25) is 14.7 Å². The van der Waals surface area contributed by atoms with Crippen LogP contribution in [-0.2, 0) is 20.7 Å². The summed E-state index contributed by atoms with van der Waals surface area (Å²) in [6, 6.07) is 4.23. The van der Waals surface area contributed by atoms with E-state index in [1.54, 1.807) is 19.5 Å². The highest BCUT2D eigenvalue weighted by atomic mass is 16.5. The molecular formula is C18H27N3O3. The largest absolute Gasteiger partial charge is 0.383 e. The fourth-order valence-electron chi connectivity index (χ4n) is 3.69. The van der Waals surface area contributed by atoms with Gasteiger partial charge in [-0.25, -0.2) is 0 Å². The molecule has 1 aromatic rings. The van der Waals surface area contributed by atoms with E-state index in [9.17, 15) is 4.79 Å². The van der Waals surface area contributed by atoms with Crippen molar-refractivity contribution in [2.45, 2.75) is 31.4 Å². The highest BCUT2D eigenvalue weighted by Gasteiger charge is 2.35. The predicted octanol–water partition coefficient (Wildman–Crippen LogP) is 0.962. The van der Waals surface area contributed by atoms with Gasteiger partial charge in [-0.05, 0) is 24.5 Å². The first-order chi connectivity index (χ1) is 11.8. The standard InChI is InChI=1S/C18H27N3O3/c1-23-11-9-20-10-12-24-17-5-8-21(7-4-16(17)20)18(22)13-15-3-2-6-19-14-15/h2-3,6,14,16-17H,4-5,7-13H2,1H3/t16-,17-/m1/s1. The summed E-state index contributed by atoms with van der Waals surface area (Å²) in [5.41, 5.74) is 0.974. The van der Waals surface area contributed by atoms with Crippen LogP contribution in [-0.4, -0.2) is 79.3 Å². The Morgan fingerprint density at radius 1 is 1.38 bits per heavy atom. The molecule has 0 aromatic carbocycles. The van der Waals surface area contributed by atoms with E-state index in [0.717, 1.165) is 57.8 Å². The molecule has 6 heteroatoms. The van der Waals surface area contributed by atoms with Gasteiger partial charge >= 0.3 is 0 Å². The average Bonchev–Trinajstić information content (AvgIpc) is 2.84. The van der Waals surface area contributed by atoms with Gasteiger partial charge in [0.05, 0.1) is 25.7 Å². The molecule has 0 bridgehead atoms. The van der Waals surface area contributed by atoms with Crippen LogP contribution in [0.15, 0.2) is 24.5 Å². The number of ether oxygens (including phenoxy) is 2. The molecule has 0 N–H and O–H groups in total. The molecule has 0 spiro atoms. The van der Waals surface area contributed by atoms with Crippen molar-refractivity contribution < 1.29 is 14.3 Å². The van der Waals surface area contributed by atoms with E-state index in [1.807, 2.05) is 17.0 Å². The lowest BCUT2D eigenvalue weighted by Gasteiger charge is -2.40. The first kappa shape index (κ1) is 17.3. The lowest BCUT2D eigenvalue weighted by atomic mass is 10.0. The van der Waals surface area contributed by atoms with Gasteiger partial charge in [0.25, 0.3) is 0 Å². The molecule has 2 fully saturated rings. The van der Waals surface area contributed by atoms with Crippen LogP contribution in [0.4, 0.5) is 0 Å². The number of pyridine rings is 1. The van der Waals surface area contributed by atoms with Crippen molar-refractivity contribution in [3.8, 4) is 0 Å². The fourth-order valence-corrected chi connectivity index (χ4v) is 3.69. The van der Waals surface area contributed by atoms with Crippen LogP contribution >= 0.6 is 0 Å². The van der Waals surface area contributed by atoms with Gasteiger partial charge in [-0.1, -0.05) is 6.07 Å². The van der Waals surface area contributed by atoms with Crippen molar-refractivity contribution in [2.24, 2.45) is 0 Å². The monoisotopic (exact) mass is 333 g/mol. The molecule has 2 aliphatic rings. The van der Waals surface area contributed by atoms with Crippen LogP contribution in [0.5, 0.6) is 0 Å². The molecule has 2 atom stereocenters. The zero-order valence-corrected chi connectivity index (χ0v) is 14.4. The van der Waals surface area contributed by atoms with Crippen LogP contribution in [0.1, 0.15) is 18.4 Å². The molecule has 0 aliphatic carbocycles. The molecule has 2 saturated heterocycles. The summed E-state index contributed by atoms with van der Waals surface area (Å²) in [4.78, 5) is 21.1. The third-order valence-corrected chi connectivity index (χ3v) is 5.00. The van der Waals surface area contributed by atoms with Crippen molar-refractivity contribution in [2.75, 3.05) is 46.5 Å². The lowest BCUT2D eigenvalue weighted by Crippen LogP contribution is -2.52. The molecule has 1 amide bonds. The van der Waals surface area contributed by atoms with E-state index in [0.29, 0.717) is 12.5 Å². The van der Waals surface area contributed by atoms with Crippen molar-refractivity contribution in [3.05, 3.63) is 30.1 Å². The van der Waals surface area contributed by atoms with Gasteiger partial charge in [-0.2, -0.15) is 0 Å². The van der Waals surface area contributed by atoms with E-state index < -0.39 is 0 Å². The first-order valence-electron chi connectivity index (χ1n) is 8.79. The molecule has 0 unspecified atom stereocenters. The topological polar surface area (TPSA) is 54.9 Å². The minimum Gasteiger partial charge on any atom is -0.383 e. The van der Waals surface area contributed by atoms with Gasteiger partial charge in [0.15, 0.2) is 0 Å². The average molecular weight is 333 g/mol. The van der Waals surface area contributed by atoms with Crippen LogP contribution in [0.3, 0.4) is 0 Å².